The van der Waals surface area contributed by atoms with E-state index in [-0.39, 0.29) is 5.75 Å². The van der Waals surface area contributed by atoms with Crippen molar-refractivity contribution in [1.29, 1.82) is 0 Å². The Labute approximate surface area is 94.7 Å². The van der Waals surface area contributed by atoms with Crippen LogP contribution < -0.4 is 10.2 Å². The summed E-state index contributed by atoms with van der Waals surface area (Å²) in [6.45, 7) is 5.94. The molecule has 1 fully saturated rings. The molecule has 15 heavy (non-hydrogen) atoms. The van der Waals surface area contributed by atoms with E-state index in [1.165, 1.54) is 0 Å². The molecule has 2 N–H and O–H groups in total. The van der Waals surface area contributed by atoms with Gasteiger partial charge in [-0.05, 0) is 18.6 Å². The highest BCUT2D eigenvalue weighted by molar-refractivity contribution is 6.32. The summed E-state index contributed by atoms with van der Waals surface area (Å²) >= 11 is 5.84. The van der Waals surface area contributed by atoms with Crippen LogP contribution in [0.15, 0.2) is 12.1 Å². The summed E-state index contributed by atoms with van der Waals surface area (Å²) in [5, 5.41) is 13.3. The highest BCUT2D eigenvalue weighted by atomic mass is 35.5. The molecule has 0 bridgehead atoms. The summed E-state index contributed by atoms with van der Waals surface area (Å²) in [7, 11) is 0. The molecule has 2 rings (SSSR count). The van der Waals surface area contributed by atoms with Gasteiger partial charge >= 0.3 is 0 Å². The quantitative estimate of drug-likeness (QED) is 0.766. The Morgan fingerprint density at radius 2 is 2.00 bits per heavy atom. The molecule has 0 saturated carbocycles. The standard InChI is InChI=1S/C11H15ClN2O/c1-8-6-9(12)11(15)7-10(8)14-4-2-13-3-5-14/h6-7,13,15H,2-5H2,1H3. The summed E-state index contributed by atoms with van der Waals surface area (Å²) in [5.74, 6) is 0.163. The lowest BCUT2D eigenvalue weighted by atomic mass is 10.1. The molecule has 0 aliphatic carbocycles. The van der Waals surface area contributed by atoms with E-state index in [0.717, 1.165) is 37.4 Å². The molecule has 4 heteroatoms. The zero-order chi connectivity index (χ0) is 10.8. The van der Waals surface area contributed by atoms with Gasteiger partial charge in [-0.3, -0.25) is 0 Å². The molecule has 0 unspecified atom stereocenters. The van der Waals surface area contributed by atoms with Gasteiger partial charge in [0.2, 0.25) is 0 Å². The number of rotatable bonds is 1. The fourth-order valence-electron chi connectivity index (χ4n) is 1.90. The number of piperazine rings is 1. The van der Waals surface area contributed by atoms with Crippen LogP contribution in [-0.2, 0) is 0 Å². The summed E-state index contributed by atoms with van der Waals surface area (Å²) in [6, 6.07) is 3.57. The maximum absolute atomic E-state index is 9.58. The molecule has 82 valence electrons. The van der Waals surface area contributed by atoms with Gasteiger partial charge < -0.3 is 15.3 Å². The van der Waals surface area contributed by atoms with Crippen molar-refractivity contribution in [2.24, 2.45) is 0 Å². The first kappa shape index (κ1) is 10.6. The second kappa shape index (κ2) is 4.29. The first-order chi connectivity index (χ1) is 7.18. The summed E-state index contributed by atoms with van der Waals surface area (Å²) in [6.07, 6.45) is 0. The van der Waals surface area contributed by atoms with Crippen molar-refractivity contribution in [3.8, 4) is 5.75 Å². The van der Waals surface area contributed by atoms with Crippen LogP contribution in [0.5, 0.6) is 5.75 Å². The molecule has 0 radical (unpaired) electrons. The Hall–Kier alpha value is -0.930. The second-order valence-corrected chi connectivity index (χ2v) is 4.23. The molecule has 1 heterocycles. The molecule has 1 saturated heterocycles. The number of benzene rings is 1. The maximum atomic E-state index is 9.58. The highest BCUT2D eigenvalue weighted by Gasteiger charge is 2.14. The number of nitrogens with zero attached hydrogens (tertiary/aromatic N) is 1. The molecular formula is C11H15ClN2O. The Morgan fingerprint density at radius 3 is 2.67 bits per heavy atom. The van der Waals surface area contributed by atoms with Crippen LogP contribution in [0.3, 0.4) is 0 Å². The molecule has 1 aromatic rings. The number of hydrogen-bond acceptors (Lipinski definition) is 3. The third-order valence-electron chi connectivity index (χ3n) is 2.72. The zero-order valence-electron chi connectivity index (χ0n) is 8.76. The van der Waals surface area contributed by atoms with Crippen LogP contribution in [0.25, 0.3) is 0 Å². The fraction of sp³-hybridized carbons (Fsp3) is 0.455. The molecule has 0 atom stereocenters. The predicted molar refractivity (Wildman–Crippen MR) is 62.9 cm³/mol. The zero-order valence-corrected chi connectivity index (χ0v) is 9.51. The minimum Gasteiger partial charge on any atom is -0.506 e. The minimum absolute atomic E-state index is 0.163. The number of aryl methyl sites for hydroxylation is 1. The number of phenols is 1. The van der Waals surface area contributed by atoms with Crippen molar-refractivity contribution in [3.63, 3.8) is 0 Å². The Bertz CT molecular complexity index is 362. The van der Waals surface area contributed by atoms with Crippen LogP contribution >= 0.6 is 11.6 Å². The SMILES string of the molecule is Cc1cc(Cl)c(O)cc1N1CCNCC1. The minimum atomic E-state index is 0.163. The van der Waals surface area contributed by atoms with Crippen LogP contribution in [0, 0.1) is 6.92 Å². The largest absolute Gasteiger partial charge is 0.506 e. The van der Waals surface area contributed by atoms with Gasteiger partial charge in [0.05, 0.1) is 5.02 Å². The normalized spacial score (nSPS) is 16.8. The maximum Gasteiger partial charge on any atom is 0.136 e. The van der Waals surface area contributed by atoms with Gasteiger partial charge in [-0.15, -0.1) is 0 Å². The second-order valence-electron chi connectivity index (χ2n) is 3.83. The molecule has 0 aromatic heterocycles. The van der Waals surface area contributed by atoms with Gasteiger partial charge in [-0.25, -0.2) is 0 Å². The van der Waals surface area contributed by atoms with Crippen LogP contribution in [0.2, 0.25) is 5.02 Å². The topological polar surface area (TPSA) is 35.5 Å². The lowest BCUT2D eigenvalue weighted by molar-refractivity contribution is 0.475. The molecule has 0 amide bonds. The van der Waals surface area contributed by atoms with Crippen molar-refractivity contribution in [3.05, 3.63) is 22.7 Å². The number of hydrogen-bond donors (Lipinski definition) is 2. The number of nitrogens with one attached hydrogen (secondary N) is 1. The number of anilines is 1. The Balaban J connectivity index is 2.30. The van der Waals surface area contributed by atoms with Gasteiger partial charge in [0.15, 0.2) is 0 Å². The van der Waals surface area contributed by atoms with Gasteiger partial charge in [-0.1, -0.05) is 11.6 Å². The van der Waals surface area contributed by atoms with Crippen LogP contribution in [-0.4, -0.2) is 31.3 Å². The van der Waals surface area contributed by atoms with E-state index in [2.05, 4.69) is 10.2 Å². The first-order valence-electron chi connectivity index (χ1n) is 5.13. The van der Waals surface area contributed by atoms with E-state index < -0.39 is 0 Å². The van der Waals surface area contributed by atoms with E-state index in [9.17, 15) is 5.11 Å². The van der Waals surface area contributed by atoms with Gasteiger partial charge in [0.1, 0.15) is 5.75 Å². The van der Waals surface area contributed by atoms with E-state index in [4.69, 9.17) is 11.6 Å². The number of halogens is 1. The van der Waals surface area contributed by atoms with E-state index in [1.807, 2.05) is 13.0 Å². The van der Waals surface area contributed by atoms with Crippen LogP contribution in [0.4, 0.5) is 5.69 Å². The smallest absolute Gasteiger partial charge is 0.136 e. The average Bonchev–Trinajstić information content (AvgIpc) is 2.25. The number of aromatic hydroxyl groups is 1. The van der Waals surface area contributed by atoms with Gasteiger partial charge in [-0.2, -0.15) is 0 Å². The van der Waals surface area contributed by atoms with Crippen molar-refractivity contribution in [2.45, 2.75) is 6.92 Å². The van der Waals surface area contributed by atoms with Crippen molar-refractivity contribution >= 4 is 17.3 Å². The monoisotopic (exact) mass is 226 g/mol. The van der Waals surface area contributed by atoms with Crippen LogP contribution in [0.1, 0.15) is 5.56 Å². The van der Waals surface area contributed by atoms with Crippen molar-refractivity contribution in [2.75, 3.05) is 31.1 Å². The molecule has 0 spiro atoms. The predicted octanol–water partition coefficient (Wildman–Crippen LogP) is 1.76. The molecule has 1 aromatic carbocycles. The Kier molecular flexibility index (Phi) is 3.03. The fourth-order valence-corrected chi connectivity index (χ4v) is 2.11. The van der Waals surface area contributed by atoms with Gasteiger partial charge in [0.25, 0.3) is 0 Å². The summed E-state index contributed by atoms with van der Waals surface area (Å²) in [4.78, 5) is 2.27. The summed E-state index contributed by atoms with van der Waals surface area (Å²) < 4.78 is 0. The molecule has 1 aliphatic heterocycles. The Morgan fingerprint density at radius 1 is 1.33 bits per heavy atom. The van der Waals surface area contributed by atoms with E-state index >= 15 is 0 Å². The number of phenolic OH excluding ortho intramolecular Hbond substituents is 1. The third kappa shape index (κ3) is 2.19. The molecule has 1 aliphatic rings. The lowest BCUT2D eigenvalue weighted by Crippen LogP contribution is -2.43. The lowest BCUT2D eigenvalue weighted by Gasteiger charge is -2.30. The van der Waals surface area contributed by atoms with E-state index in [0.29, 0.717) is 5.02 Å². The van der Waals surface area contributed by atoms with E-state index in [1.54, 1.807) is 6.07 Å². The average molecular weight is 227 g/mol. The highest BCUT2D eigenvalue weighted by Crippen LogP contribution is 2.31. The summed E-state index contributed by atoms with van der Waals surface area (Å²) in [5.41, 5.74) is 2.19. The molecule has 3 nitrogen and oxygen atoms in total. The van der Waals surface area contributed by atoms with Crippen molar-refractivity contribution < 1.29 is 5.11 Å². The first-order valence-corrected chi connectivity index (χ1v) is 5.51. The van der Waals surface area contributed by atoms with Crippen molar-refractivity contribution in [1.82, 2.24) is 5.32 Å². The molecular weight excluding hydrogens is 212 g/mol. The third-order valence-corrected chi connectivity index (χ3v) is 3.03. The van der Waals surface area contributed by atoms with Gasteiger partial charge in [0, 0.05) is 37.9 Å².